The van der Waals surface area contributed by atoms with Crippen molar-refractivity contribution < 1.29 is 47.7 Å². The number of carbonyl (C=O) groups is 6. The molecule has 0 radical (unpaired) electrons. The molecule has 4 heterocycles. The van der Waals surface area contributed by atoms with Crippen molar-refractivity contribution in [3.63, 3.8) is 0 Å². The van der Waals surface area contributed by atoms with Gasteiger partial charge in [-0.15, -0.1) is 0 Å². The van der Waals surface area contributed by atoms with Crippen LogP contribution >= 0.6 is 0 Å². The molecule has 484 valence electrons. The fourth-order valence-electron chi connectivity index (χ4n) is 8.06. The van der Waals surface area contributed by atoms with Crippen LogP contribution in [0.1, 0.15) is 149 Å². The lowest BCUT2D eigenvalue weighted by molar-refractivity contribution is -0.141. The number of ether oxygens (including phenoxy) is 4. The van der Waals surface area contributed by atoms with Gasteiger partial charge in [0.05, 0.1) is 68.3 Å². The van der Waals surface area contributed by atoms with Gasteiger partial charge in [-0.2, -0.15) is 15.3 Å². The number of methoxy groups -OCH3 is 2. The maximum atomic E-state index is 14.7. The van der Waals surface area contributed by atoms with Crippen molar-refractivity contribution in [2.24, 2.45) is 22.2 Å². The number of fused-ring (bicyclic) bond motifs is 1. The molecule has 0 unspecified atom stereocenters. The van der Waals surface area contributed by atoms with E-state index in [4.69, 9.17) is 35.4 Å². The van der Waals surface area contributed by atoms with Crippen molar-refractivity contribution in [2.45, 2.75) is 135 Å². The van der Waals surface area contributed by atoms with E-state index >= 15 is 0 Å². The summed E-state index contributed by atoms with van der Waals surface area (Å²) >= 11 is 0. The standard InChI is InChI=1S/C47H58N12O9.C7H10N2O.4C2H6.CH5N/c1-9-59-37(23-31(4)54-59)46(64)57(42-35(50-5)24-32(44(48)62)26-38(42)68-22-14-15-40(60)65-7)18-10-11-19-58-43-36(53-47(58)51-6)25-33(45(49)63)27-39(43)67-21-13-12-17-55-29-34(28-52-55)56(30(2)3)20-16-41(61)66-8;1-3-9-7(5-10)4-6(2)8-9;5*1-2/h10-13,23-29H,2,5,9,14-22H2,1,3-4,6-8H3,(H2,48,62)(H2,49,63)(H,51,53);4-5H,3H2,1-2H3;4*1-2H3;2H2,1H3/b11-10+,13-12+;;;;;;. The first-order valence-corrected chi connectivity index (χ1v) is 29.5. The summed E-state index contributed by atoms with van der Waals surface area (Å²) in [6.45, 7) is 35.4. The van der Waals surface area contributed by atoms with Crippen LogP contribution in [0.15, 0.2) is 90.4 Å². The lowest BCUT2D eigenvalue weighted by Crippen LogP contribution is -2.33. The number of primary amides is 2. The zero-order valence-corrected chi connectivity index (χ0v) is 54.9. The summed E-state index contributed by atoms with van der Waals surface area (Å²) < 4.78 is 28.8. The molecule has 0 aliphatic heterocycles. The summed E-state index contributed by atoms with van der Waals surface area (Å²) in [7, 11) is 5.85. The molecule has 0 saturated heterocycles. The van der Waals surface area contributed by atoms with Crippen molar-refractivity contribution in [1.29, 1.82) is 0 Å². The number of nitrogens with one attached hydrogen (secondary N) is 1. The zero-order valence-electron chi connectivity index (χ0n) is 54.9. The second kappa shape index (κ2) is 43.3. The number of rotatable bonds is 28. The fraction of sp³-hybridized carbons (Fsp3) is 0.444. The lowest BCUT2D eigenvalue weighted by atomic mass is 10.1. The third-order valence-electron chi connectivity index (χ3n) is 11.8. The Morgan fingerprint density at radius 1 is 0.750 bits per heavy atom. The van der Waals surface area contributed by atoms with Crippen LogP contribution in [0.25, 0.3) is 11.0 Å². The number of aldehydes is 1. The van der Waals surface area contributed by atoms with Crippen molar-refractivity contribution >= 4 is 76.7 Å². The van der Waals surface area contributed by atoms with Gasteiger partial charge in [-0.3, -0.25) is 52.7 Å². The van der Waals surface area contributed by atoms with E-state index in [2.05, 4.69) is 44.6 Å². The Kier molecular flexibility index (Phi) is 38.6. The van der Waals surface area contributed by atoms with Crippen LogP contribution in [0.3, 0.4) is 0 Å². The van der Waals surface area contributed by atoms with Crippen LogP contribution in [0.5, 0.6) is 11.5 Å². The van der Waals surface area contributed by atoms with Gasteiger partial charge in [-0.25, -0.2) is 4.98 Å². The summed E-state index contributed by atoms with van der Waals surface area (Å²) in [6.07, 6.45) is 12.2. The molecule has 0 spiro atoms. The summed E-state index contributed by atoms with van der Waals surface area (Å²) in [5.41, 5.74) is 21.6. The summed E-state index contributed by atoms with van der Waals surface area (Å²) in [6, 6.07) is 9.44. The number of aliphatic imine (C=N–C) groups is 1. The average molecular weight is 1220 g/mol. The Hall–Kier alpha value is -9.39. The maximum Gasteiger partial charge on any atom is 0.307 e. The van der Waals surface area contributed by atoms with Crippen LogP contribution in [0, 0.1) is 13.8 Å². The predicted octanol–water partition coefficient (Wildman–Crippen LogP) is 9.81. The first-order valence-electron chi connectivity index (χ1n) is 29.5. The summed E-state index contributed by atoms with van der Waals surface area (Å²) in [5, 5.41) is 16.1. The molecule has 0 bridgehead atoms. The first kappa shape index (κ1) is 78.6. The number of hydrogen-bond donors (Lipinski definition) is 4. The molecule has 0 aliphatic rings. The number of esters is 2. The maximum absolute atomic E-state index is 14.7. The average Bonchev–Trinajstić information content (AvgIpc) is 3.97. The lowest BCUT2D eigenvalue weighted by Gasteiger charge is -2.26. The van der Waals surface area contributed by atoms with Gasteiger partial charge in [-0.1, -0.05) is 80.2 Å². The zero-order chi connectivity index (χ0) is 67.1. The number of imidazole rings is 1. The molecule has 0 fully saturated rings. The second-order valence-corrected chi connectivity index (χ2v) is 17.3. The minimum absolute atomic E-state index is 0.0261. The van der Waals surface area contributed by atoms with E-state index in [1.54, 1.807) is 64.6 Å². The Bertz CT molecular complexity index is 3210. The SMILES string of the molecule is C=Nc1cc(C(N)=O)cc(OCCCC(=O)OC)c1N(C/C=C/Cn1c(NC)nc2cc(C(N)=O)cc(OC/C=C/Cn3cc(N(CCC(=O)OC)C(=C)C)cn3)c21)C(=O)c1cc(C)nn1CC.CC.CC.CC.CC.CCn1nc(C)cc1C=O.CN. The first-order chi connectivity index (χ1) is 42.4. The molecule has 25 heteroatoms. The number of benzene rings is 2. The van der Waals surface area contributed by atoms with E-state index in [-0.39, 0.29) is 79.8 Å². The predicted molar refractivity (Wildman–Crippen MR) is 351 cm³/mol. The highest BCUT2D eigenvalue weighted by atomic mass is 16.5. The van der Waals surface area contributed by atoms with E-state index < -0.39 is 23.7 Å². The summed E-state index contributed by atoms with van der Waals surface area (Å²) in [5.74, 6) is -1.69. The van der Waals surface area contributed by atoms with Gasteiger partial charge in [0.2, 0.25) is 17.8 Å². The van der Waals surface area contributed by atoms with Gasteiger partial charge in [0.15, 0.2) is 6.29 Å². The Morgan fingerprint density at radius 3 is 1.89 bits per heavy atom. The molecule has 0 saturated carbocycles. The summed E-state index contributed by atoms with van der Waals surface area (Å²) in [4.78, 5) is 85.7. The minimum atomic E-state index is -0.751. The minimum Gasteiger partial charge on any atom is -0.491 e. The highest BCUT2D eigenvalue weighted by molar-refractivity contribution is 6.09. The molecule has 6 rings (SSSR count). The van der Waals surface area contributed by atoms with Crippen molar-refractivity contribution in [1.82, 2.24) is 38.9 Å². The number of nitrogens with two attached hydrogens (primary N) is 3. The number of allylic oxidation sites excluding steroid dienone is 3. The highest BCUT2D eigenvalue weighted by Gasteiger charge is 2.28. The molecule has 2 aromatic carbocycles. The van der Waals surface area contributed by atoms with Crippen molar-refractivity contribution in [3.8, 4) is 11.5 Å². The quantitative estimate of drug-likeness (QED) is 0.0117. The molecule has 4 aromatic heterocycles. The molecule has 7 N–H and O–H groups in total. The number of aryl methyl sites for hydroxylation is 4. The number of amides is 3. The normalized spacial score (nSPS) is 10.1. The monoisotopic (exact) mass is 1220 g/mol. The van der Waals surface area contributed by atoms with Crippen LogP contribution < -0.4 is 41.8 Å². The number of anilines is 3. The third kappa shape index (κ3) is 23.5. The highest BCUT2D eigenvalue weighted by Crippen LogP contribution is 2.41. The van der Waals surface area contributed by atoms with Crippen molar-refractivity contribution in [3.05, 3.63) is 119 Å². The van der Waals surface area contributed by atoms with Gasteiger partial charge in [-0.05, 0) is 97.3 Å². The largest absolute Gasteiger partial charge is 0.491 e. The van der Waals surface area contributed by atoms with E-state index in [1.807, 2.05) is 117 Å². The van der Waals surface area contributed by atoms with Crippen LogP contribution in [-0.4, -0.2) is 136 Å². The van der Waals surface area contributed by atoms with E-state index in [1.165, 1.54) is 38.3 Å². The smallest absolute Gasteiger partial charge is 0.307 e. The number of hydrogen-bond acceptors (Lipinski definition) is 18. The van der Waals surface area contributed by atoms with Gasteiger partial charge in [0.1, 0.15) is 40.7 Å². The second-order valence-electron chi connectivity index (χ2n) is 17.3. The van der Waals surface area contributed by atoms with Gasteiger partial charge >= 0.3 is 11.9 Å². The molecule has 0 atom stereocenters. The molecule has 0 aliphatic carbocycles. The molecular weight excluding hydrogens is 1130 g/mol. The van der Waals surface area contributed by atoms with Crippen LogP contribution in [0.4, 0.5) is 23.0 Å². The van der Waals surface area contributed by atoms with Crippen LogP contribution in [-0.2, 0) is 45.2 Å². The molecule has 3 amide bonds. The van der Waals surface area contributed by atoms with Gasteiger partial charge in [0, 0.05) is 69.2 Å². The molecule has 88 heavy (non-hydrogen) atoms. The number of nitrogens with zero attached hydrogens (tertiary/aromatic N) is 11. The Morgan fingerprint density at radius 2 is 1.33 bits per heavy atom. The number of carbonyl (C=O) groups excluding carboxylic acids is 6. The third-order valence-corrected chi connectivity index (χ3v) is 11.8. The molecular formula is C63H97N15O10. The van der Waals surface area contributed by atoms with E-state index in [9.17, 15) is 28.8 Å². The fourth-order valence-corrected chi connectivity index (χ4v) is 8.06. The molecule has 25 nitrogen and oxygen atoms in total. The Balaban J connectivity index is 0.00000329. The Labute approximate surface area is 519 Å². The van der Waals surface area contributed by atoms with E-state index in [0.29, 0.717) is 59.4 Å². The topological polar surface area (TPSA) is 320 Å². The van der Waals surface area contributed by atoms with Crippen molar-refractivity contribution in [2.75, 3.05) is 69.7 Å². The van der Waals surface area contributed by atoms with Crippen LogP contribution in [0.2, 0.25) is 0 Å². The van der Waals surface area contributed by atoms with Gasteiger partial charge in [0.25, 0.3) is 5.91 Å². The van der Waals surface area contributed by atoms with Gasteiger partial charge < -0.3 is 50.9 Å². The molecule has 6 aromatic rings. The van der Waals surface area contributed by atoms with E-state index in [0.717, 1.165) is 29.9 Å². The number of aromatic nitrogens is 8.